The van der Waals surface area contributed by atoms with Crippen LogP contribution in [-0.2, 0) is 106 Å². The van der Waals surface area contributed by atoms with Crippen molar-refractivity contribution in [3.63, 3.8) is 0 Å². The first-order valence-corrected chi connectivity index (χ1v) is 43.7. The molecule has 1 saturated heterocycles. The van der Waals surface area contributed by atoms with Crippen molar-refractivity contribution in [3.8, 4) is 11.5 Å². The van der Waals surface area contributed by atoms with E-state index in [1.54, 1.807) is 136 Å². The van der Waals surface area contributed by atoms with Crippen molar-refractivity contribution in [2.45, 2.75) is 185 Å². The number of nitrogens with zero attached hydrogens (tertiary/aromatic N) is 4. The molecule has 680 valence electrons. The molecule has 0 radical (unpaired) electrons. The van der Waals surface area contributed by atoms with Crippen molar-refractivity contribution in [3.05, 3.63) is 197 Å². The van der Waals surface area contributed by atoms with Crippen LogP contribution in [0.25, 0.3) is 10.9 Å². The quantitative estimate of drug-likeness (QED) is 0.0463. The lowest BCUT2D eigenvalue weighted by Crippen LogP contribution is -2.62. The Hall–Kier alpha value is -12.7. The molecule has 1 aromatic heterocycles. The van der Waals surface area contributed by atoms with Gasteiger partial charge in [0.2, 0.25) is 76.8 Å². The third-order valence-corrected chi connectivity index (χ3v) is 23.5. The van der Waals surface area contributed by atoms with E-state index in [1.165, 1.54) is 73.4 Å². The number of aromatic nitrogens is 1. The fraction of sp³-hybridized carbons (Fsp3) is 0.435. The number of carbonyl (C=O) groups is 14. The second-order valence-corrected chi connectivity index (χ2v) is 34.2. The number of rotatable bonds is 22. The molecule has 34 nitrogen and oxygen atoms in total. The number of aliphatic hydroxyl groups excluding tert-OH is 1. The fourth-order valence-corrected chi connectivity index (χ4v) is 16.4. The molecule has 7 aromatic rings. The average molecular weight is 1770 g/mol. The molecule has 13 amide bonds. The summed E-state index contributed by atoms with van der Waals surface area (Å²) in [6, 6.07) is 26.4. The summed E-state index contributed by atoms with van der Waals surface area (Å²) in [6.45, 7) is 8.36. The van der Waals surface area contributed by atoms with E-state index in [0.29, 0.717) is 62.7 Å². The first-order valence-electron chi connectivity index (χ1n) is 42.5. The molecule has 17 N–H and O–H groups in total. The number of unbranched alkanes of at least 4 members (excludes halogenated alkanes) is 1. The van der Waals surface area contributed by atoms with Crippen LogP contribution in [0.3, 0.4) is 0 Å². The molecule has 35 heteroatoms. The first kappa shape index (κ1) is 98.1. The Bertz CT molecular complexity index is 5020. The SMILES string of the molecule is CCCC[C@H]1C(=O)N(C)CC(=O)N[C@@H](CC(=O)O)C(=O)N[C@@H](C(C)C)C(=O)N[C@@H](Cc2ccccc2C)C(=O)N[C@H]2Cc3ccc(O)cc3N(CC(=O)N[C@@H](Cc3c[nH]c4ccccc34)C(=O)NC(Cc3ccc(O)cc3)C(=O)N[C@@H](CC(C)C)C(=O)N[C@H](CNCC(N)=O)CSCC(=O)N[C@@H](Cc3ccccc3)C(O)N(C)[C@@H](Cc3ccccc3)C(=O)N1C)C2=O. The Morgan fingerprint density at radius 3 is 1.78 bits per heavy atom. The van der Waals surface area contributed by atoms with E-state index in [1.807, 2.05) is 20.8 Å². The number of thioether (sulfide) groups is 1. The normalized spacial score (nSPS) is 23.0. The molecule has 1 fully saturated rings. The number of phenolic OH excluding ortho intramolecular Hbond substituents is 2. The lowest BCUT2D eigenvalue weighted by atomic mass is 9.95. The summed E-state index contributed by atoms with van der Waals surface area (Å²) >= 11 is 1.07. The molecule has 127 heavy (non-hydrogen) atoms. The summed E-state index contributed by atoms with van der Waals surface area (Å²) < 4.78 is 0. The van der Waals surface area contributed by atoms with Gasteiger partial charge in [-0.05, 0) is 115 Å². The van der Waals surface area contributed by atoms with Gasteiger partial charge < -0.3 is 99.0 Å². The number of nitrogens with one attached hydrogen (secondary N) is 11. The van der Waals surface area contributed by atoms with Crippen LogP contribution in [-0.4, -0.2) is 254 Å². The number of aryl methyl sites for hydroxylation is 1. The molecule has 12 atom stereocenters. The van der Waals surface area contributed by atoms with E-state index in [9.17, 15) is 58.8 Å². The number of nitrogens with two attached hydrogens (primary N) is 1. The highest BCUT2D eigenvalue weighted by atomic mass is 32.2. The van der Waals surface area contributed by atoms with Crippen LogP contribution < -0.4 is 63.8 Å². The number of anilines is 1. The lowest BCUT2D eigenvalue weighted by molar-refractivity contribution is -0.151. The van der Waals surface area contributed by atoms with Gasteiger partial charge in [-0.25, -0.2) is 0 Å². The number of H-pyrrole nitrogens is 1. The van der Waals surface area contributed by atoms with Crippen molar-refractivity contribution in [1.82, 2.24) is 72.9 Å². The van der Waals surface area contributed by atoms with Gasteiger partial charge >= 0.3 is 5.97 Å². The number of phenols is 2. The number of carboxylic acids is 1. The van der Waals surface area contributed by atoms with E-state index in [0.717, 1.165) is 21.6 Å². The van der Waals surface area contributed by atoms with Crippen LogP contribution >= 0.6 is 11.8 Å². The molecule has 0 spiro atoms. The topological polar surface area (TPSA) is 495 Å². The third kappa shape index (κ3) is 28.6. The molecular formula is C92H118N16O18S. The predicted octanol–water partition coefficient (Wildman–Crippen LogP) is 2.45. The number of amides is 13. The van der Waals surface area contributed by atoms with Crippen molar-refractivity contribution in [2.24, 2.45) is 17.6 Å². The summed E-state index contributed by atoms with van der Waals surface area (Å²) in [6.07, 6.45) is -0.861. The average Bonchev–Trinajstić information content (AvgIpc) is 1.73. The van der Waals surface area contributed by atoms with Crippen molar-refractivity contribution < 1.29 is 87.5 Å². The van der Waals surface area contributed by atoms with Gasteiger partial charge in [-0.15, -0.1) is 11.8 Å². The molecule has 0 aliphatic carbocycles. The summed E-state index contributed by atoms with van der Waals surface area (Å²) in [5.74, 6) is -14.3. The van der Waals surface area contributed by atoms with Crippen LogP contribution in [0.2, 0.25) is 0 Å². The Morgan fingerprint density at radius 1 is 0.559 bits per heavy atom. The van der Waals surface area contributed by atoms with E-state index >= 15 is 28.8 Å². The molecule has 3 heterocycles. The maximum Gasteiger partial charge on any atom is 0.305 e. The van der Waals surface area contributed by atoms with Gasteiger partial charge in [-0.3, -0.25) is 72.0 Å². The number of aliphatic hydroxyl groups is 1. The monoisotopic (exact) mass is 1770 g/mol. The summed E-state index contributed by atoms with van der Waals surface area (Å²) in [5.41, 5.74) is 10.2. The zero-order valence-electron chi connectivity index (χ0n) is 72.9. The number of aliphatic carboxylic acids is 1. The number of hydrogen-bond acceptors (Lipinski definition) is 20. The van der Waals surface area contributed by atoms with Crippen molar-refractivity contribution in [2.75, 3.05) is 63.7 Å². The van der Waals surface area contributed by atoms with E-state index in [4.69, 9.17) is 5.73 Å². The standard InChI is InChI=1S/C92H118N16O18S/c1-10-11-30-74-91(125)105(7)49-78(112)98-71(45-81(115)116)87(121)104-82(54(4)5)88(122)102-70(41-59-27-19-18-22-55(59)6)86(120)103-73-42-60-33-36-64(110)44-75(60)108(90(73)124)50-79(113)97-69(43-61-46-95-66-29-21-20-28-65(61)66)85(119)101-68(38-58-31-34-63(109)35-32-58)84(118)100-67(37-53(2)3)83(117)96-62(47-94-48-77(93)111)51-127-52-80(114)99-72(39-56-23-14-12-15-24-56)89(123)107(9)76(92(126)106(74)8)40-57-25-16-13-17-26-57/h12-29,31-36,44,46,53-54,62,67-74,76,82,89,94-95,109-110,123H,10-11,30,37-43,45,47-52H2,1-9H3,(H2,93,111)(H,96,117)(H,97,113)(H,98,112)(H,99,114)(H,100,118)(H,101,119)(H,102,122)(H,103,120)(H,104,121)(H,115,116)/t62-,67+,68?,69+,70+,71+,72+,73+,74+,76+,82+,89?/m1/s1. The minimum atomic E-state index is -1.88. The van der Waals surface area contributed by atoms with Crippen LogP contribution in [0.1, 0.15) is 106 Å². The Labute approximate surface area is 742 Å². The summed E-state index contributed by atoms with van der Waals surface area (Å²) in [5, 5.41) is 72.9. The minimum Gasteiger partial charge on any atom is -0.508 e. The van der Waals surface area contributed by atoms with E-state index < -0.39 is 181 Å². The van der Waals surface area contributed by atoms with Crippen molar-refractivity contribution in [1.29, 1.82) is 0 Å². The molecule has 2 aliphatic heterocycles. The number of primary amides is 1. The number of hydrogen-bond donors (Lipinski definition) is 16. The maximum absolute atomic E-state index is 15.5. The number of para-hydroxylation sites is 1. The fourth-order valence-electron chi connectivity index (χ4n) is 15.5. The van der Waals surface area contributed by atoms with Gasteiger partial charge in [0, 0.05) is 75.2 Å². The lowest BCUT2D eigenvalue weighted by Gasteiger charge is -2.39. The molecule has 0 saturated carbocycles. The van der Waals surface area contributed by atoms with Gasteiger partial charge in [0.1, 0.15) is 72.6 Å². The number of likely N-dealkylation sites (N-methyl/N-ethyl adjacent to an activating group) is 3. The van der Waals surface area contributed by atoms with Gasteiger partial charge in [-0.1, -0.05) is 169 Å². The minimum absolute atomic E-state index is 0.00453. The van der Waals surface area contributed by atoms with Gasteiger partial charge in [0.05, 0.1) is 49.1 Å². The number of benzene rings is 6. The molecule has 2 unspecified atom stereocenters. The second-order valence-electron chi connectivity index (χ2n) is 33.2. The number of carbonyl (C=O) groups excluding carboxylic acids is 13. The van der Waals surface area contributed by atoms with Gasteiger partial charge in [0.15, 0.2) is 0 Å². The van der Waals surface area contributed by atoms with Crippen LogP contribution in [0.4, 0.5) is 5.69 Å². The van der Waals surface area contributed by atoms with Gasteiger partial charge in [0.25, 0.3) is 0 Å². The molecule has 9 rings (SSSR count). The highest BCUT2D eigenvalue weighted by Gasteiger charge is 2.43. The highest BCUT2D eigenvalue weighted by Crippen LogP contribution is 2.32. The van der Waals surface area contributed by atoms with Crippen LogP contribution in [0.5, 0.6) is 11.5 Å². The zero-order chi connectivity index (χ0) is 92.3. The second kappa shape index (κ2) is 47.0. The predicted molar refractivity (Wildman–Crippen MR) is 478 cm³/mol. The molecule has 2 bridgehead atoms. The first-order chi connectivity index (χ1) is 60.5. The van der Waals surface area contributed by atoms with Crippen molar-refractivity contribution >= 4 is 111 Å². The number of aromatic amines is 1. The molecule has 2 aliphatic rings. The Morgan fingerprint density at radius 2 is 1.13 bits per heavy atom. The molecule has 6 aromatic carbocycles. The zero-order valence-corrected chi connectivity index (χ0v) is 73.7. The highest BCUT2D eigenvalue weighted by molar-refractivity contribution is 8.00. The summed E-state index contributed by atoms with van der Waals surface area (Å²) in [7, 11) is 4.21. The Balaban J connectivity index is 1.10. The maximum atomic E-state index is 15.5. The van der Waals surface area contributed by atoms with Gasteiger partial charge in [-0.2, -0.15) is 0 Å². The van der Waals surface area contributed by atoms with Crippen LogP contribution in [0, 0.1) is 18.8 Å². The van der Waals surface area contributed by atoms with Crippen LogP contribution in [0.15, 0.2) is 158 Å². The van der Waals surface area contributed by atoms with E-state index in [2.05, 4.69) is 58.2 Å². The largest absolute Gasteiger partial charge is 0.508 e. The number of carboxylic acid groups (broad SMARTS) is 1. The van der Waals surface area contributed by atoms with E-state index in [-0.39, 0.29) is 99.1 Å². The Kier molecular flexibility index (Phi) is 36.3. The smallest absolute Gasteiger partial charge is 0.305 e. The number of aromatic hydroxyl groups is 2. The third-order valence-electron chi connectivity index (χ3n) is 22.4. The number of fused-ring (bicyclic) bond motifs is 5. The summed E-state index contributed by atoms with van der Waals surface area (Å²) in [4.78, 5) is 213. The molecular weight excluding hydrogens is 1650 g/mol.